The summed E-state index contributed by atoms with van der Waals surface area (Å²) in [5, 5.41) is 6.25. The van der Waals surface area contributed by atoms with E-state index in [1.165, 1.54) is 11.1 Å². The van der Waals surface area contributed by atoms with Crippen molar-refractivity contribution in [3.05, 3.63) is 63.6 Å². The van der Waals surface area contributed by atoms with E-state index in [0.717, 1.165) is 28.0 Å². The van der Waals surface area contributed by atoms with Crippen LogP contribution in [0, 0.1) is 0 Å². The normalized spacial score (nSPS) is 14.3. The first-order valence-electron chi connectivity index (χ1n) is 7.63. The van der Waals surface area contributed by atoms with Crippen LogP contribution in [0.1, 0.15) is 23.6 Å². The standard InChI is InChI=1S/C18H19BrN2OS/c1-12(23-17-6-4-16(19)5-7-17)18(22)21-9-13-2-3-14-10-20-11-15(14)8-13/h2-8,12,20H,9-11H2,1H3,(H,21,22). The number of carbonyl (C=O) groups excluding carboxylic acids is 1. The zero-order valence-electron chi connectivity index (χ0n) is 12.9. The lowest BCUT2D eigenvalue weighted by Crippen LogP contribution is -2.30. The van der Waals surface area contributed by atoms with Gasteiger partial charge in [0.05, 0.1) is 5.25 Å². The molecule has 0 saturated heterocycles. The molecule has 0 radical (unpaired) electrons. The van der Waals surface area contributed by atoms with E-state index in [-0.39, 0.29) is 11.2 Å². The van der Waals surface area contributed by atoms with Crippen molar-refractivity contribution in [3.8, 4) is 0 Å². The number of hydrogen-bond donors (Lipinski definition) is 2. The Morgan fingerprint density at radius 2 is 1.96 bits per heavy atom. The van der Waals surface area contributed by atoms with E-state index in [1.807, 2.05) is 31.2 Å². The Hall–Kier alpha value is -1.30. The zero-order chi connectivity index (χ0) is 16.2. The Kier molecular flexibility index (Phi) is 5.41. The van der Waals surface area contributed by atoms with Crippen molar-refractivity contribution in [2.75, 3.05) is 0 Å². The van der Waals surface area contributed by atoms with E-state index >= 15 is 0 Å². The molecule has 0 fully saturated rings. The Balaban J connectivity index is 1.53. The molecule has 3 nitrogen and oxygen atoms in total. The average molecular weight is 391 g/mol. The van der Waals surface area contributed by atoms with Crippen LogP contribution < -0.4 is 10.6 Å². The van der Waals surface area contributed by atoms with E-state index in [1.54, 1.807) is 11.8 Å². The molecule has 1 aliphatic rings. The van der Waals surface area contributed by atoms with Gasteiger partial charge in [0.25, 0.3) is 0 Å². The lowest BCUT2D eigenvalue weighted by atomic mass is 10.1. The molecular formula is C18H19BrN2OS. The summed E-state index contributed by atoms with van der Waals surface area (Å²) in [6, 6.07) is 14.5. The summed E-state index contributed by atoms with van der Waals surface area (Å²) in [5.74, 6) is 0.0662. The molecule has 1 aliphatic heterocycles. The molecule has 0 saturated carbocycles. The number of hydrogen-bond acceptors (Lipinski definition) is 3. The summed E-state index contributed by atoms with van der Waals surface area (Å²) in [4.78, 5) is 13.4. The van der Waals surface area contributed by atoms with Gasteiger partial charge in [-0.3, -0.25) is 4.79 Å². The van der Waals surface area contributed by atoms with E-state index < -0.39 is 0 Å². The van der Waals surface area contributed by atoms with Crippen LogP contribution in [-0.2, 0) is 24.4 Å². The lowest BCUT2D eigenvalue weighted by molar-refractivity contribution is -0.120. The fraction of sp³-hybridized carbons (Fsp3) is 0.278. The first kappa shape index (κ1) is 16.6. The van der Waals surface area contributed by atoms with Gasteiger partial charge in [-0.2, -0.15) is 0 Å². The number of amides is 1. The zero-order valence-corrected chi connectivity index (χ0v) is 15.3. The molecule has 0 aromatic heterocycles. The van der Waals surface area contributed by atoms with Gasteiger partial charge in [0, 0.05) is 29.0 Å². The van der Waals surface area contributed by atoms with Gasteiger partial charge < -0.3 is 10.6 Å². The van der Waals surface area contributed by atoms with Crippen molar-refractivity contribution in [1.82, 2.24) is 10.6 Å². The Labute approximate surface area is 149 Å². The fourth-order valence-corrected chi connectivity index (χ4v) is 3.72. The molecule has 1 unspecified atom stereocenters. The lowest BCUT2D eigenvalue weighted by Gasteiger charge is -2.12. The molecule has 3 rings (SSSR count). The van der Waals surface area contributed by atoms with Crippen molar-refractivity contribution >= 4 is 33.6 Å². The van der Waals surface area contributed by atoms with Gasteiger partial charge >= 0.3 is 0 Å². The van der Waals surface area contributed by atoms with E-state index in [0.29, 0.717) is 6.54 Å². The maximum Gasteiger partial charge on any atom is 0.233 e. The number of thioether (sulfide) groups is 1. The van der Waals surface area contributed by atoms with Crippen molar-refractivity contribution in [3.63, 3.8) is 0 Å². The highest BCUT2D eigenvalue weighted by atomic mass is 79.9. The summed E-state index contributed by atoms with van der Waals surface area (Å²) >= 11 is 4.99. The molecule has 2 aromatic rings. The summed E-state index contributed by atoms with van der Waals surface area (Å²) < 4.78 is 1.05. The molecule has 5 heteroatoms. The quantitative estimate of drug-likeness (QED) is 0.761. The number of nitrogens with one attached hydrogen (secondary N) is 2. The van der Waals surface area contributed by atoms with Gasteiger partial charge in [-0.05, 0) is 47.9 Å². The minimum Gasteiger partial charge on any atom is -0.351 e. The minimum atomic E-state index is -0.118. The van der Waals surface area contributed by atoms with Crippen LogP contribution in [-0.4, -0.2) is 11.2 Å². The largest absolute Gasteiger partial charge is 0.351 e. The van der Waals surface area contributed by atoms with E-state index in [2.05, 4.69) is 44.8 Å². The Bertz CT molecular complexity index is 703. The minimum absolute atomic E-state index is 0.0662. The van der Waals surface area contributed by atoms with Crippen molar-refractivity contribution < 1.29 is 4.79 Å². The smallest absolute Gasteiger partial charge is 0.233 e. The molecular weight excluding hydrogens is 372 g/mol. The van der Waals surface area contributed by atoms with Crippen LogP contribution in [0.25, 0.3) is 0 Å². The predicted octanol–water partition coefficient (Wildman–Crippen LogP) is 3.85. The fourth-order valence-electron chi connectivity index (χ4n) is 2.56. The van der Waals surface area contributed by atoms with Gasteiger partial charge in [0.15, 0.2) is 0 Å². The molecule has 120 valence electrons. The second-order valence-electron chi connectivity index (χ2n) is 5.64. The summed E-state index contributed by atoms with van der Waals surface area (Å²) in [6.45, 7) is 4.39. The van der Waals surface area contributed by atoms with E-state index in [4.69, 9.17) is 0 Å². The van der Waals surface area contributed by atoms with Gasteiger partial charge in [-0.1, -0.05) is 34.1 Å². The maximum absolute atomic E-state index is 12.3. The Morgan fingerprint density at radius 3 is 2.74 bits per heavy atom. The van der Waals surface area contributed by atoms with Crippen molar-refractivity contribution in [2.24, 2.45) is 0 Å². The highest BCUT2D eigenvalue weighted by Gasteiger charge is 2.15. The van der Waals surface area contributed by atoms with Crippen LogP contribution in [0.2, 0.25) is 0 Å². The SMILES string of the molecule is CC(Sc1ccc(Br)cc1)C(=O)NCc1ccc2c(c1)CNC2. The third kappa shape index (κ3) is 4.37. The highest BCUT2D eigenvalue weighted by Crippen LogP contribution is 2.25. The molecule has 1 amide bonds. The van der Waals surface area contributed by atoms with Crippen LogP contribution in [0.5, 0.6) is 0 Å². The number of halogens is 1. The van der Waals surface area contributed by atoms with Crippen LogP contribution in [0.4, 0.5) is 0 Å². The average Bonchev–Trinajstić information content (AvgIpc) is 3.02. The number of benzene rings is 2. The molecule has 2 N–H and O–H groups in total. The van der Waals surface area contributed by atoms with E-state index in [9.17, 15) is 4.79 Å². The summed E-state index contributed by atoms with van der Waals surface area (Å²) in [6.07, 6.45) is 0. The second-order valence-corrected chi connectivity index (χ2v) is 7.97. The number of rotatable bonds is 5. The van der Waals surface area contributed by atoms with Crippen molar-refractivity contribution in [1.29, 1.82) is 0 Å². The molecule has 0 aliphatic carbocycles. The number of fused-ring (bicyclic) bond motifs is 1. The summed E-state index contributed by atoms with van der Waals surface area (Å²) in [7, 11) is 0. The molecule has 2 aromatic carbocycles. The van der Waals surface area contributed by atoms with Crippen LogP contribution >= 0.6 is 27.7 Å². The third-order valence-electron chi connectivity index (χ3n) is 3.86. The molecule has 0 spiro atoms. The predicted molar refractivity (Wildman–Crippen MR) is 98.3 cm³/mol. The Morgan fingerprint density at radius 1 is 1.22 bits per heavy atom. The third-order valence-corrected chi connectivity index (χ3v) is 5.50. The van der Waals surface area contributed by atoms with Crippen LogP contribution in [0.3, 0.4) is 0 Å². The molecule has 23 heavy (non-hydrogen) atoms. The van der Waals surface area contributed by atoms with Gasteiger partial charge in [0.2, 0.25) is 5.91 Å². The molecule has 1 atom stereocenters. The first-order valence-corrected chi connectivity index (χ1v) is 9.30. The topological polar surface area (TPSA) is 41.1 Å². The number of carbonyl (C=O) groups is 1. The monoisotopic (exact) mass is 390 g/mol. The van der Waals surface area contributed by atoms with Crippen molar-refractivity contribution in [2.45, 2.75) is 36.7 Å². The second kappa shape index (κ2) is 7.51. The van der Waals surface area contributed by atoms with Gasteiger partial charge in [0.1, 0.15) is 0 Å². The van der Waals surface area contributed by atoms with Gasteiger partial charge in [-0.25, -0.2) is 0 Å². The van der Waals surface area contributed by atoms with Crippen LogP contribution in [0.15, 0.2) is 51.8 Å². The van der Waals surface area contributed by atoms with Gasteiger partial charge in [-0.15, -0.1) is 11.8 Å². The summed E-state index contributed by atoms with van der Waals surface area (Å²) in [5.41, 5.74) is 3.86. The highest BCUT2D eigenvalue weighted by molar-refractivity contribution is 9.10. The molecule has 0 bridgehead atoms. The maximum atomic E-state index is 12.3. The first-order chi connectivity index (χ1) is 11.1. The molecule has 1 heterocycles.